The normalized spacial score (nSPS) is 14.2. The molecule has 0 aromatic heterocycles. The van der Waals surface area contributed by atoms with Gasteiger partial charge < -0.3 is 16.2 Å². The molecule has 0 aliphatic heterocycles. The van der Waals surface area contributed by atoms with Crippen LogP contribution in [0, 0.1) is 5.92 Å². The van der Waals surface area contributed by atoms with E-state index in [9.17, 15) is 9.59 Å². The number of aliphatic carboxylic acids is 1. The van der Waals surface area contributed by atoms with Gasteiger partial charge in [0.15, 0.2) is 0 Å². The van der Waals surface area contributed by atoms with Crippen molar-refractivity contribution in [3.63, 3.8) is 0 Å². The van der Waals surface area contributed by atoms with E-state index in [0.29, 0.717) is 19.4 Å². The maximum absolute atomic E-state index is 11.4. The van der Waals surface area contributed by atoms with Gasteiger partial charge >= 0.3 is 5.97 Å². The van der Waals surface area contributed by atoms with E-state index in [1.165, 1.54) is 0 Å². The third-order valence-corrected chi connectivity index (χ3v) is 2.41. The molecule has 94 valence electrons. The summed E-state index contributed by atoms with van der Waals surface area (Å²) in [4.78, 5) is 21.8. The molecule has 0 radical (unpaired) electrons. The highest BCUT2D eigenvalue weighted by molar-refractivity contribution is 5.81. The van der Waals surface area contributed by atoms with Gasteiger partial charge in [-0.1, -0.05) is 20.3 Å². The van der Waals surface area contributed by atoms with Gasteiger partial charge in [0, 0.05) is 13.0 Å². The molecule has 0 saturated heterocycles. The predicted octanol–water partition coefficient (Wildman–Crippen LogP) is 0.731. The van der Waals surface area contributed by atoms with Crippen molar-refractivity contribution in [2.75, 3.05) is 6.54 Å². The summed E-state index contributed by atoms with van der Waals surface area (Å²) < 4.78 is 0. The summed E-state index contributed by atoms with van der Waals surface area (Å²) in [5.41, 5.74) is 5.63. The van der Waals surface area contributed by atoms with E-state index in [0.717, 1.165) is 6.42 Å². The fourth-order valence-electron chi connectivity index (χ4n) is 1.32. The molecule has 2 atom stereocenters. The largest absolute Gasteiger partial charge is 0.481 e. The Bertz CT molecular complexity index is 231. The number of hydrogen-bond acceptors (Lipinski definition) is 3. The smallest absolute Gasteiger partial charge is 0.303 e. The van der Waals surface area contributed by atoms with Crippen LogP contribution in [0.15, 0.2) is 0 Å². The molecule has 2 unspecified atom stereocenters. The molecular weight excluding hydrogens is 208 g/mol. The number of carbonyl (C=O) groups is 2. The maximum Gasteiger partial charge on any atom is 0.303 e. The minimum atomic E-state index is -0.805. The zero-order valence-electron chi connectivity index (χ0n) is 10.0. The van der Waals surface area contributed by atoms with Gasteiger partial charge in [0.1, 0.15) is 0 Å². The van der Waals surface area contributed by atoms with E-state index < -0.39 is 12.0 Å². The monoisotopic (exact) mass is 230 g/mol. The fourth-order valence-corrected chi connectivity index (χ4v) is 1.32. The van der Waals surface area contributed by atoms with Crippen LogP contribution in [-0.4, -0.2) is 29.6 Å². The molecule has 0 saturated carbocycles. The first kappa shape index (κ1) is 14.9. The van der Waals surface area contributed by atoms with Gasteiger partial charge in [-0.25, -0.2) is 0 Å². The van der Waals surface area contributed by atoms with Gasteiger partial charge in [-0.05, 0) is 18.8 Å². The highest BCUT2D eigenvalue weighted by atomic mass is 16.4. The molecule has 0 aliphatic rings. The van der Waals surface area contributed by atoms with Crippen LogP contribution in [0.25, 0.3) is 0 Å². The summed E-state index contributed by atoms with van der Waals surface area (Å²) in [6.07, 6.45) is 2.26. The van der Waals surface area contributed by atoms with Crippen molar-refractivity contribution in [1.82, 2.24) is 5.32 Å². The Hall–Kier alpha value is -1.10. The molecule has 0 rings (SSSR count). The van der Waals surface area contributed by atoms with Crippen LogP contribution in [0.5, 0.6) is 0 Å². The zero-order valence-corrected chi connectivity index (χ0v) is 10.0. The third-order valence-electron chi connectivity index (χ3n) is 2.41. The molecule has 0 spiro atoms. The summed E-state index contributed by atoms with van der Waals surface area (Å²) in [5.74, 6) is -0.793. The van der Waals surface area contributed by atoms with Crippen molar-refractivity contribution >= 4 is 11.9 Å². The summed E-state index contributed by atoms with van der Waals surface area (Å²) in [6.45, 7) is 4.38. The lowest BCUT2D eigenvalue weighted by Gasteiger charge is -2.14. The molecule has 5 heteroatoms. The van der Waals surface area contributed by atoms with E-state index in [1.807, 2.05) is 13.8 Å². The van der Waals surface area contributed by atoms with Crippen LogP contribution in [-0.2, 0) is 9.59 Å². The number of rotatable bonds is 8. The van der Waals surface area contributed by atoms with Gasteiger partial charge in [0.25, 0.3) is 0 Å². The predicted molar refractivity (Wildman–Crippen MR) is 61.9 cm³/mol. The van der Waals surface area contributed by atoms with Crippen molar-refractivity contribution in [1.29, 1.82) is 0 Å². The van der Waals surface area contributed by atoms with Crippen LogP contribution >= 0.6 is 0 Å². The first-order valence-corrected chi connectivity index (χ1v) is 5.72. The van der Waals surface area contributed by atoms with Gasteiger partial charge in [-0.2, -0.15) is 0 Å². The number of carbonyl (C=O) groups excluding carboxylic acids is 1. The average molecular weight is 230 g/mol. The van der Waals surface area contributed by atoms with Gasteiger partial charge in [0.2, 0.25) is 5.91 Å². The average Bonchev–Trinajstić information content (AvgIpc) is 2.23. The summed E-state index contributed by atoms with van der Waals surface area (Å²) >= 11 is 0. The molecule has 0 heterocycles. The van der Waals surface area contributed by atoms with E-state index in [1.54, 1.807) is 0 Å². The Kier molecular flexibility index (Phi) is 7.54. The minimum absolute atomic E-state index is 0.137. The molecule has 0 bridgehead atoms. The van der Waals surface area contributed by atoms with E-state index in [4.69, 9.17) is 10.8 Å². The first-order chi connectivity index (χ1) is 7.47. The number of nitrogens with one attached hydrogen (secondary N) is 1. The Morgan fingerprint density at radius 3 is 2.50 bits per heavy atom. The summed E-state index contributed by atoms with van der Waals surface area (Å²) in [5, 5.41) is 11.2. The Morgan fingerprint density at radius 1 is 1.38 bits per heavy atom. The van der Waals surface area contributed by atoms with Crippen molar-refractivity contribution in [3.8, 4) is 0 Å². The van der Waals surface area contributed by atoms with Crippen molar-refractivity contribution < 1.29 is 14.7 Å². The Morgan fingerprint density at radius 2 is 2.00 bits per heavy atom. The SMILES string of the molecule is CCCC(N)C(=O)NCC(C)CCC(=O)O. The molecule has 4 N–H and O–H groups in total. The van der Waals surface area contributed by atoms with Crippen LogP contribution in [0.3, 0.4) is 0 Å². The number of nitrogens with two attached hydrogens (primary N) is 1. The number of amides is 1. The van der Waals surface area contributed by atoms with Crippen LogP contribution in [0.1, 0.15) is 39.5 Å². The first-order valence-electron chi connectivity index (χ1n) is 5.72. The lowest BCUT2D eigenvalue weighted by atomic mass is 10.1. The van der Waals surface area contributed by atoms with Crippen molar-refractivity contribution in [2.45, 2.75) is 45.6 Å². The Labute approximate surface area is 96.4 Å². The van der Waals surface area contributed by atoms with Crippen LogP contribution in [0.4, 0.5) is 0 Å². The second kappa shape index (κ2) is 8.10. The van der Waals surface area contributed by atoms with Gasteiger partial charge in [0.05, 0.1) is 6.04 Å². The van der Waals surface area contributed by atoms with Crippen LogP contribution in [0.2, 0.25) is 0 Å². The minimum Gasteiger partial charge on any atom is -0.481 e. The van der Waals surface area contributed by atoms with E-state index >= 15 is 0 Å². The van der Waals surface area contributed by atoms with E-state index in [2.05, 4.69) is 5.32 Å². The van der Waals surface area contributed by atoms with E-state index in [-0.39, 0.29) is 18.2 Å². The zero-order chi connectivity index (χ0) is 12.6. The fraction of sp³-hybridized carbons (Fsp3) is 0.818. The number of carboxylic acids is 1. The maximum atomic E-state index is 11.4. The highest BCUT2D eigenvalue weighted by Crippen LogP contribution is 2.04. The second-order valence-electron chi connectivity index (χ2n) is 4.18. The summed E-state index contributed by atoms with van der Waals surface area (Å²) in [7, 11) is 0. The standard InChI is InChI=1S/C11H22N2O3/c1-3-4-9(12)11(16)13-7-8(2)5-6-10(14)15/h8-9H,3-7,12H2,1-2H3,(H,13,16)(H,14,15). The quantitative estimate of drug-likeness (QED) is 0.573. The lowest BCUT2D eigenvalue weighted by Crippen LogP contribution is -2.42. The highest BCUT2D eigenvalue weighted by Gasteiger charge is 2.13. The molecular formula is C11H22N2O3. The molecule has 0 aromatic rings. The van der Waals surface area contributed by atoms with Crippen molar-refractivity contribution in [3.05, 3.63) is 0 Å². The number of hydrogen-bond donors (Lipinski definition) is 3. The molecule has 5 nitrogen and oxygen atoms in total. The lowest BCUT2D eigenvalue weighted by molar-refractivity contribution is -0.137. The van der Waals surface area contributed by atoms with Gasteiger partial charge in [-0.15, -0.1) is 0 Å². The third kappa shape index (κ3) is 7.23. The van der Waals surface area contributed by atoms with Gasteiger partial charge in [-0.3, -0.25) is 9.59 Å². The van der Waals surface area contributed by atoms with Crippen LogP contribution < -0.4 is 11.1 Å². The topological polar surface area (TPSA) is 92.4 Å². The second-order valence-corrected chi connectivity index (χ2v) is 4.18. The molecule has 0 aromatic carbocycles. The molecule has 1 amide bonds. The number of carboxylic acid groups (broad SMARTS) is 1. The van der Waals surface area contributed by atoms with Crippen molar-refractivity contribution in [2.24, 2.45) is 11.7 Å². The summed E-state index contributed by atoms with van der Waals surface area (Å²) in [6, 6.07) is -0.448. The molecule has 16 heavy (non-hydrogen) atoms. The molecule has 0 fully saturated rings. The molecule has 0 aliphatic carbocycles. The Balaban J connectivity index is 3.69.